The Balaban J connectivity index is 0.000000298. The van der Waals surface area contributed by atoms with E-state index in [0.717, 1.165) is 21.1 Å². The third-order valence-electron chi connectivity index (χ3n) is 2.83. The number of imidazole rings is 2. The second-order valence-corrected chi connectivity index (χ2v) is 6.63. The third-order valence-corrected chi connectivity index (χ3v) is 4.41. The Morgan fingerprint density at radius 2 is 2.04 bits per heavy atom. The molecule has 0 radical (unpaired) electrons. The minimum atomic E-state index is -5.08. The number of aromatic nitrogens is 4. The highest BCUT2D eigenvalue weighted by atomic mass is 79.9. The van der Waals surface area contributed by atoms with Gasteiger partial charge in [0, 0.05) is 6.20 Å². The fourth-order valence-electron chi connectivity index (χ4n) is 1.69. The Hall–Kier alpha value is -2.41. The molecule has 0 fully saturated rings. The van der Waals surface area contributed by atoms with E-state index < -0.39 is 12.1 Å². The fraction of sp³-hybridized carbons (Fsp3) is 0.231. The smallest absolute Gasteiger partial charge is 0.475 e. The average Bonchev–Trinajstić information content (AvgIpc) is 3.23. The van der Waals surface area contributed by atoms with Gasteiger partial charge < -0.3 is 15.4 Å². The van der Waals surface area contributed by atoms with E-state index in [0.29, 0.717) is 11.4 Å². The van der Waals surface area contributed by atoms with Crippen LogP contribution in [-0.4, -0.2) is 42.5 Å². The first kappa shape index (κ1) is 19.9. The molecule has 3 rings (SSSR count). The number of nitrogens with one attached hydrogen (secondary N) is 2. The molecule has 3 aromatic rings. The van der Waals surface area contributed by atoms with Crippen LogP contribution in [0.5, 0.6) is 0 Å². The number of fused-ring (bicyclic) bond motifs is 1. The minimum Gasteiger partial charge on any atom is -0.475 e. The molecular weight excluding hydrogens is 443 g/mol. The quantitative estimate of drug-likeness (QED) is 0.564. The van der Waals surface area contributed by atoms with E-state index in [4.69, 9.17) is 9.90 Å². The van der Waals surface area contributed by atoms with Gasteiger partial charge in [-0.1, -0.05) is 11.3 Å². The van der Waals surface area contributed by atoms with E-state index in [1.807, 2.05) is 11.3 Å². The number of halogens is 4. The molecule has 1 amide bonds. The monoisotopic (exact) mass is 453 g/mol. The van der Waals surface area contributed by atoms with Gasteiger partial charge in [0.05, 0.1) is 24.6 Å². The molecule has 140 valence electrons. The molecule has 3 heterocycles. The topological polar surface area (TPSA) is 112 Å². The lowest BCUT2D eigenvalue weighted by Crippen LogP contribution is -2.22. The number of hydrogen-bond acceptors (Lipinski definition) is 5. The van der Waals surface area contributed by atoms with Crippen molar-refractivity contribution in [3.8, 4) is 0 Å². The predicted molar refractivity (Wildman–Crippen MR) is 89.0 cm³/mol. The number of hydrogen-bond donors (Lipinski definition) is 3. The van der Waals surface area contributed by atoms with Gasteiger partial charge in [0.15, 0.2) is 4.96 Å². The number of carboxylic acids is 1. The van der Waals surface area contributed by atoms with Crippen molar-refractivity contribution in [1.82, 2.24) is 24.7 Å². The lowest BCUT2D eigenvalue weighted by atomic mass is 10.4. The second kappa shape index (κ2) is 7.86. The number of nitrogens with zero attached hydrogens (tertiary/aromatic N) is 3. The van der Waals surface area contributed by atoms with E-state index in [2.05, 4.69) is 36.2 Å². The Morgan fingerprint density at radius 1 is 1.38 bits per heavy atom. The highest BCUT2D eigenvalue weighted by Gasteiger charge is 2.38. The van der Waals surface area contributed by atoms with Crippen LogP contribution in [0.25, 0.3) is 4.96 Å². The summed E-state index contributed by atoms with van der Waals surface area (Å²) in [5.41, 5.74) is 0.883. The summed E-state index contributed by atoms with van der Waals surface area (Å²) in [7, 11) is 0. The number of carboxylic acid groups (broad SMARTS) is 1. The summed E-state index contributed by atoms with van der Waals surface area (Å²) in [4.78, 5) is 33.6. The van der Waals surface area contributed by atoms with E-state index in [-0.39, 0.29) is 5.91 Å². The van der Waals surface area contributed by atoms with E-state index >= 15 is 0 Å². The van der Waals surface area contributed by atoms with Crippen molar-refractivity contribution in [2.24, 2.45) is 0 Å². The van der Waals surface area contributed by atoms with Crippen LogP contribution in [0.1, 0.15) is 21.2 Å². The van der Waals surface area contributed by atoms with Crippen LogP contribution in [0.3, 0.4) is 0 Å². The number of aryl methyl sites for hydroxylation is 1. The molecule has 0 aliphatic rings. The first-order valence-corrected chi connectivity index (χ1v) is 8.40. The Morgan fingerprint density at radius 3 is 2.54 bits per heavy atom. The average molecular weight is 454 g/mol. The first-order valence-electron chi connectivity index (χ1n) is 6.79. The van der Waals surface area contributed by atoms with Crippen molar-refractivity contribution in [1.29, 1.82) is 0 Å². The summed E-state index contributed by atoms with van der Waals surface area (Å²) in [6, 6.07) is 0. The largest absolute Gasteiger partial charge is 0.490 e. The number of aromatic amines is 1. The molecule has 13 heteroatoms. The van der Waals surface area contributed by atoms with Crippen molar-refractivity contribution >= 4 is 44.1 Å². The predicted octanol–water partition coefficient (Wildman–Crippen LogP) is 2.75. The highest BCUT2D eigenvalue weighted by Crippen LogP contribution is 2.21. The molecule has 0 atom stereocenters. The van der Waals surface area contributed by atoms with E-state index in [9.17, 15) is 18.0 Å². The summed E-state index contributed by atoms with van der Waals surface area (Å²) in [6.07, 6.45) is 0.110. The van der Waals surface area contributed by atoms with Crippen molar-refractivity contribution in [2.45, 2.75) is 19.6 Å². The molecule has 0 saturated heterocycles. The van der Waals surface area contributed by atoms with Gasteiger partial charge in [-0.2, -0.15) is 13.2 Å². The molecular formula is C13H11BrF3N5O3S. The van der Waals surface area contributed by atoms with Gasteiger partial charge in [0.2, 0.25) is 0 Å². The molecule has 3 N–H and O–H groups in total. The van der Waals surface area contributed by atoms with Gasteiger partial charge in [-0.05, 0) is 22.9 Å². The molecule has 0 aromatic carbocycles. The normalized spacial score (nSPS) is 11.1. The van der Waals surface area contributed by atoms with Crippen molar-refractivity contribution in [2.75, 3.05) is 0 Å². The van der Waals surface area contributed by atoms with E-state index in [1.165, 1.54) is 11.3 Å². The molecule has 0 unspecified atom stereocenters. The number of carbonyl (C=O) groups excluding carboxylic acids is 1. The third kappa shape index (κ3) is 5.05. The molecule has 0 saturated carbocycles. The second-order valence-electron chi connectivity index (χ2n) is 4.81. The van der Waals surface area contributed by atoms with Gasteiger partial charge in [0.25, 0.3) is 5.91 Å². The van der Waals surface area contributed by atoms with Crippen LogP contribution in [0.4, 0.5) is 13.2 Å². The summed E-state index contributed by atoms with van der Waals surface area (Å²) in [5, 5.41) is 9.97. The zero-order valence-electron chi connectivity index (χ0n) is 13.0. The van der Waals surface area contributed by atoms with Crippen LogP contribution in [0.2, 0.25) is 0 Å². The number of aliphatic carboxylic acids is 1. The van der Waals surface area contributed by atoms with Crippen LogP contribution in [0, 0.1) is 6.92 Å². The van der Waals surface area contributed by atoms with Gasteiger partial charge in [-0.15, -0.1) is 0 Å². The zero-order valence-corrected chi connectivity index (χ0v) is 15.4. The summed E-state index contributed by atoms with van der Waals surface area (Å²) >= 11 is 4.72. The molecule has 0 bridgehead atoms. The highest BCUT2D eigenvalue weighted by molar-refractivity contribution is 9.10. The van der Waals surface area contributed by atoms with Gasteiger partial charge in [-0.3, -0.25) is 9.20 Å². The lowest BCUT2D eigenvalue weighted by molar-refractivity contribution is -0.192. The van der Waals surface area contributed by atoms with Crippen molar-refractivity contribution in [3.63, 3.8) is 0 Å². The maximum absolute atomic E-state index is 12.0. The molecule has 0 aliphatic heterocycles. The number of thiazole rings is 1. The molecule has 26 heavy (non-hydrogen) atoms. The summed E-state index contributed by atoms with van der Waals surface area (Å²) < 4.78 is 34.4. The van der Waals surface area contributed by atoms with Crippen LogP contribution < -0.4 is 5.32 Å². The minimum absolute atomic E-state index is 0.116. The van der Waals surface area contributed by atoms with E-state index in [1.54, 1.807) is 18.6 Å². The molecule has 8 nitrogen and oxygen atoms in total. The lowest BCUT2D eigenvalue weighted by Gasteiger charge is -2.00. The fourth-order valence-corrected chi connectivity index (χ4v) is 3.05. The Labute approximate surface area is 156 Å². The number of rotatable bonds is 3. The molecule has 3 aromatic heterocycles. The van der Waals surface area contributed by atoms with Crippen LogP contribution >= 0.6 is 27.3 Å². The molecule has 0 spiro atoms. The SMILES string of the molecule is Cc1ncc(CNC(=O)c2cn3c(Br)cnc3s2)[nH]1.O=C(O)C(F)(F)F. The van der Waals surface area contributed by atoms with Crippen LogP contribution in [0.15, 0.2) is 23.2 Å². The van der Waals surface area contributed by atoms with Gasteiger partial charge >= 0.3 is 12.1 Å². The number of amides is 1. The number of H-pyrrole nitrogens is 1. The van der Waals surface area contributed by atoms with Crippen molar-refractivity contribution in [3.05, 3.63) is 39.6 Å². The summed E-state index contributed by atoms with van der Waals surface area (Å²) in [5.74, 6) is -2.04. The van der Waals surface area contributed by atoms with Crippen molar-refractivity contribution < 1.29 is 27.9 Å². The van der Waals surface area contributed by atoms with Crippen LogP contribution in [-0.2, 0) is 11.3 Å². The zero-order chi connectivity index (χ0) is 19.5. The van der Waals surface area contributed by atoms with Gasteiger partial charge in [-0.25, -0.2) is 14.8 Å². The number of alkyl halides is 3. The Bertz CT molecular complexity index is 933. The number of carbonyl (C=O) groups is 2. The van der Waals surface area contributed by atoms with Gasteiger partial charge in [0.1, 0.15) is 15.3 Å². The molecule has 0 aliphatic carbocycles. The standard InChI is InChI=1S/C11H10BrN5OS.C2HF3O2/c1-6-13-2-7(16-6)3-14-10(18)8-5-17-9(12)4-15-11(17)19-8;3-2(4,5)1(6)7/h2,4-5H,3H2,1H3,(H,13,16)(H,14,18);(H,6,7). The Kier molecular flexibility index (Phi) is 6.02. The first-order chi connectivity index (χ1) is 12.1. The maximum Gasteiger partial charge on any atom is 0.490 e. The maximum atomic E-state index is 12.0. The summed E-state index contributed by atoms with van der Waals surface area (Å²) in [6.45, 7) is 2.30.